The van der Waals surface area contributed by atoms with Crippen molar-refractivity contribution in [2.75, 3.05) is 26.7 Å². The summed E-state index contributed by atoms with van der Waals surface area (Å²) in [5.41, 5.74) is 0.839. The van der Waals surface area contributed by atoms with Crippen LogP contribution in [0.15, 0.2) is 28.7 Å². The summed E-state index contributed by atoms with van der Waals surface area (Å²) in [5.74, 6) is -0.775. The molecule has 4 nitrogen and oxygen atoms in total. The molecule has 1 aliphatic heterocycles. The minimum absolute atomic E-state index is 0.428. The van der Waals surface area contributed by atoms with E-state index in [9.17, 15) is 9.90 Å². The van der Waals surface area contributed by atoms with Crippen LogP contribution in [0.2, 0.25) is 0 Å². The lowest BCUT2D eigenvalue weighted by Crippen LogP contribution is -2.53. The van der Waals surface area contributed by atoms with Crippen molar-refractivity contribution in [2.24, 2.45) is 0 Å². The number of halogens is 1. The molecule has 0 aromatic heterocycles. The molecule has 20 heavy (non-hydrogen) atoms. The van der Waals surface area contributed by atoms with E-state index in [4.69, 9.17) is 0 Å². The maximum atomic E-state index is 11.7. The van der Waals surface area contributed by atoms with Gasteiger partial charge in [0, 0.05) is 30.1 Å². The highest BCUT2D eigenvalue weighted by atomic mass is 79.9. The van der Waals surface area contributed by atoms with Crippen molar-refractivity contribution in [1.29, 1.82) is 0 Å². The molecule has 1 saturated heterocycles. The van der Waals surface area contributed by atoms with E-state index in [1.807, 2.05) is 24.3 Å². The molecule has 1 heterocycles. The van der Waals surface area contributed by atoms with Gasteiger partial charge in [0.15, 0.2) is 0 Å². The Labute approximate surface area is 128 Å². The molecule has 0 aliphatic carbocycles. The molecule has 1 aromatic carbocycles. The highest BCUT2D eigenvalue weighted by molar-refractivity contribution is 9.10. The zero-order chi connectivity index (χ0) is 14.7. The molecular weight excluding hydrogens is 320 g/mol. The van der Waals surface area contributed by atoms with Gasteiger partial charge in [-0.1, -0.05) is 35.0 Å². The van der Waals surface area contributed by atoms with E-state index < -0.39 is 12.0 Å². The van der Waals surface area contributed by atoms with E-state index in [0.29, 0.717) is 6.04 Å². The number of carboxylic acids is 1. The lowest BCUT2D eigenvalue weighted by Gasteiger charge is -2.41. The number of aliphatic carboxylic acids is 1. The van der Waals surface area contributed by atoms with E-state index in [0.717, 1.165) is 36.1 Å². The molecule has 2 rings (SSSR count). The third kappa shape index (κ3) is 3.40. The minimum atomic E-state index is -0.775. The number of hydrogen-bond donors (Lipinski definition) is 1. The zero-order valence-electron chi connectivity index (χ0n) is 11.9. The molecule has 0 saturated carbocycles. The predicted molar refractivity (Wildman–Crippen MR) is 82.8 cm³/mol. The van der Waals surface area contributed by atoms with Gasteiger partial charge in [-0.15, -0.1) is 0 Å². The smallest absolute Gasteiger partial charge is 0.325 e. The Kier molecular flexibility index (Phi) is 5.18. The van der Waals surface area contributed by atoms with Crippen LogP contribution in [-0.4, -0.2) is 53.6 Å². The Morgan fingerprint density at radius 3 is 2.85 bits per heavy atom. The maximum Gasteiger partial charge on any atom is 0.325 e. The number of carbonyl (C=O) groups is 1. The molecule has 5 heteroatoms. The summed E-state index contributed by atoms with van der Waals surface area (Å²) in [6.07, 6.45) is 1.04. The fourth-order valence-corrected chi connectivity index (χ4v) is 3.25. The molecule has 0 spiro atoms. The standard InChI is InChI=1S/C15H21BrN2O2/c1-3-13-10-18(8-7-17(13)2)14(15(19)20)11-5-4-6-12(16)9-11/h4-6,9,13-14H,3,7-8,10H2,1-2H3,(H,19,20). The quantitative estimate of drug-likeness (QED) is 0.914. The van der Waals surface area contributed by atoms with E-state index in [2.05, 4.69) is 39.7 Å². The van der Waals surface area contributed by atoms with E-state index >= 15 is 0 Å². The van der Waals surface area contributed by atoms with Gasteiger partial charge in [-0.3, -0.25) is 9.69 Å². The van der Waals surface area contributed by atoms with Gasteiger partial charge in [0.25, 0.3) is 0 Å². The second kappa shape index (κ2) is 6.70. The summed E-state index contributed by atoms with van der Waals surface area (Å²) in [5, 5.41) is 9.62. The van der Waals surface area contributed by atoms with Gasteiger partial charge in [0.2, 0.25) is 0 Å². The van der Waals surface area contributed by atoms with E-state index in [-0.39, 0.29) is 0 Å². The Balaban J connectivity index is 2.23. The molecule has 2 atom stereocenters. The zero-order valence-corrected chi connectivity index (χ0v) is 13.5. The molecular formula is C15H21BrN2O2. The normalized spacial score (nSPS) is 22.6. The fraction of sp³-hybridized carbons (Fsp3) is 0.533. The molecule has 2 unspecified atom stereocenters. The van der Waals surface area contributed by atoms with Crippen molar-refractivity contribution in [3.63, 3.8) is 0 Å². The molecule has 110 valence electrons. The van der Waals surface area contributed by atoms with Crippen LogP contribution in [-0.2, 0) is 4.79 Å². The number of likely N-dealkylation sites (N-methyl/N-ethyl adjacent to an activating group) is 1. The first kappa shape index (κ1) is 15.5. The largest absolute Gasteiger partial charge is 0.480 e. The number of benzene rings is 1. The van der Waals surface area contributed by atoms with Crippen molar-refractivity contribution in [3.8, 4) is 0 Å². The van der Waals surface area contributed by atoms with Gasteiger partial charge in [-0.25, -0.2) is 0 Å². The minimum Gasteiger partial charge on any atom is -0.480 e. The fourth-order valence-electron chi connectivity index (χ4n) is 2.83. The lowest BCUT2D eigenvalue weighted by atomic mass is 10.0. The second-order valence-corrected chi connectivity index (χ2v) is 6.25. The molecule has 0 radical (unpaired) electrons. The van der Waals surface area contributed by atoms with E-state index in [1.165, 1.54) is 0 Å². The van der Waals surface area contributed by atoms with Crippen LogP contribution >= 0.6 is 15.9 Å². The third-order valence-electron chi connectivity index (χ3n) is 4.04. The maximum absolute atomic E-state index is 11.7. The van der Waals surface area contributed by atoms with Crippen LogP contribution in [0, 0.1) is 0 Å². The molecule has 1 aromatic rings. The average molecular weight is 341 g/mol. The first-order chi connectivity index (χ1) is 9.52. The van der Waals surface area contributed by atoms with Crippen molar-refractivity contribution < 1.29 is 9.90 Å². The van der Waals surface area contributed by atoms with Gasteiger partial charge in [0.05, 0.1) is 0 Å². The van der Waals surface area contributed by atoms with Crippen molar-refractivity contribution >= 4 is 21.9 Å². The number of hydrogen-bond acceptors (Lipinski definition) is 3. The SMILES string of the molecule is CCC1CN(C(C(=O)O)c2cccc(Br)c2)CCN1C. The van der Waals surface area contributed by atoms with Crippen LogP contribution in [0.3, 0.4) is 0 Å². The van der Waals surface area contributed by atoms with Gasteiger partial charge >= 0.3 is 5.97 Å². The Morgan fingerprint density at radius 2 is 2.25 bits per heavy atom. The summed E-state index contributed by atoms with van der Waals surface area (Å²) >= 11 is 3.42. The Bertz CT molecular complexity index is 481. The molecule has 0 amide bonds. The Morgan fingerprint density at radius 1 is 1.50 bits per heavy atom. The van der Waals surface area contributed by atoms with Gasteiger partial charge in [-0.05, 0) is 31.2 Å². The average Bonchev–Trinajstić information content (AvgIpc) is 2.40. The molecule has 0 bridgehead atoms. The third-order valence-corrected chi connectivity index (χ3v) is 4.54. The number of nitrogens with zero attached hydrogens (tertiary/aromatic N) is 2. The monoisotopic (exact) mass is 340 g/mol. The predicted octanol–water partition coefficient (Wildman–Crippen LogP) is 2.60. The highest BCUT2D eigenvalue weighted by Crippen LogP contribution is 2.26. The molecule has 1 fully saturated rings. The van der Waals surface area contributed by atoms with Crippen LogP contribution < -0.4 is 0 Å². The lowest BCUT2D eigenvalue weighted by molar-refractivity contribution is -0.144. The molecule has 1 aliphatic rings. The first-order valence-electron chi connectivity index (χ1n) is 6.95. The van der Waals surface area contributed by atoms with Gasteiger partial charge < -0.3 is 10.0 Å². The Hall–Kier alpha value is -0.910. The van der Waals surface area contributed by atoms with Gasteiger partial charge in [-0.2, -0.15) is 0 Å². The second-order valence-electron chi connectivity index (χ2n) is 5.33. The van der Waals surface area contributed by atoms with Crippen LogP contribution in [0.25, 0.3) is 0 Å². The van der Waals surface area contributed by atoms with Crippen LogP contribution in [0.4, 0.5) is 0 Å². The summed E-state index contributed by atoms with van der Waals surface area (Å²) in [4.78, 5) is 16.1. The summed E-state index contributed by atoms with van der Waals surface area (Å²) in [7, 11) is 2.11. The molecule has 1 N–H and O–H groups in total. The van der Waals surface area contributed by atoms with Crippen LogP contribution in [0.5, 0.6) is 0 Å². The first-order valence-corrected chi connectivity index (χ1v) is 7.74. The van der Waals surface area contributed by atoms with Crippen LogP contribution in [0.1, 0.15) is 24.9 Å². The summed E-state index contributed by atoms with van der Waals surface area (Å²) in [6, 6.07) is 7.47. The number of carboxylic acid groups (broad SMARTS) is 1. The topological polar surface area (TPSA) is 43.8 Å². The van der Waals surface area contributed by atoms with Gasteiger partial charge in [0.1, 0.15) is 6.04 Å². The summed E-state index contributed by atoms with van der Waals surface area (Å²) in [6.45, 7) is 4.66. The van der Waals surface area contributed by atoms with E-state index in [1.54, 1.807) is 0 Å². The van der Waals surface area contributed by atoms with Crippen molar-refractivity contribution in [2.45, 2.75) is 25.4 Å². The number of piperazine rings is 1. The summed E-state index contributed by atoms with van der Waals surface area (Å²) < 4.78 is 0.919. The highest BCUT2D eigenvalue weighted by Gasteiger charge is 2.32. The number of rotatable bonds is 4. The van der Waals surface area contributed by atoms with Crippen molar-refractivity contribution in [3.05, 3.63) is 34.3 Å². The van der Waals surface area contributed by atoms with Crippen molar-refractivity contribution in [1.82, 2.24) is 9.80 Å².